The lowest BCUT2D eigenvalue weighted by molar-refractivity contribution is 0.0781. The fourth-order valence-corrected chi connectivity index (χ4v) is 1.14. The third kappa shape index (κ3) is 2.47. The Morgan fingerprint density at radius 3 is 2.71 bits per heavy atom. The Bertz CT molecular complexity index is 325. The molecular weight excluding hydrogens is 204 g/mol. The molecule has 1 aromatic rings. The number of hydrogen-bond acceptors (Lipinski definition) is 3. The number of carbonyl (C=O) groups excluding carboxylic acids is 1. The van der Waals surface area contributed by atoms with E-state index in [9.17, 15) is 4.79 Å². The number of methoxy groups -OCH3 is 2. The van der Waals surface area contributed by atoms with Crippen LogP contribution in [0.5, 0.6) is 5.75 Å². The van der Waals surface area contributed by atoms with Gasteiger partial charge in [-0.1, -0.05) is 23.7 Å². The maximum Gasteiger partial charge on any atom is 0.206 e. The molecule has 14 heavy (non-hydrogen) atoms. The van der Waals surface area contributed by atoms with E-state index in [2.05, 4.69) is 0 Å². The molecule has 0 heterocycles. The quantitative estimate of drug-likeness (QED) is 0.569. The molecular formula is C10H11ClO3. The van der Waals surface area contributed by atoms with Gasteiger partial charge in [0.1, 0.15) is 5.75 Å². The lowest BCUT2D eigenvalue weighted by atomic mass is 10.1. The zero-order valence-corrected chi connectivity index (χ0v) is 8.75. The van der Waals surface area contributed by atoms with Gasteiger partial charge < -0.3 is 9.47 Å². The van der Waals surface area contributed by atoms with Gasteiger partial charge in [0, 0.05) is 12.7 Å². The van der Waals surface area contributed by atoms with Gasteiger partial charge >= 0.3 is 0 Å². The van der Waals surface area contributed by atoms with E-state index in [1.807, 2.05) is 0 Å². The SMILES string of the molecule is COc1cccc(C(=O)C(Cl)OC)c1. The van der Waals surface area contributed by atoms with Crippen LogP contribution >= 0.6 is 11.6 Å². The van der Waals surface area contributed by atoms with Gasteiger partial charge in [0.2, 0.25) is 5.78 Å². The van der Waals surface area contributed by atoms with Crippen molar-refractivity contribution in [1.29, 1.82) is 0 Å². The van der Waals surface area contributed by atoms with Gasteiger partial charge in [-0.25, -0.2) is 0 Å². The van der Waals surface area contributed by atoms with E-state index in [-0.39, 0.29) is 5.78 Å². The Hall–Kier alpha value is -1.06. The van der Waals surface area contributed by atoms with E-state index in [0.29, 0.717) is 11.3 Å². The third-order valence-electron chi connectivity index (χ3n) is 1.77. The minimum atomic E-state index is -0.942. The summed E-state index contributed by atoms with van der Waals surface area (Å²) < 4.78 is 9.70. The van der Waals surface area contributed by atoms with Gasteiger partial charge in [-0.15, -0.1) is 0 Å². The second-order valence-corrected chi connectivity index (χ2v) is 3.04. The molecule has 0 fully saturated rings. The van der Waals surface area contributed by atoms with Crippen molar-refractivity contribution in [2.24, 2.45) is 0 Å². The van der Waals surface area contributed by atoms with Crippen molar-refractivity contribution in [2.45, 2.75) is 5.56 Å². The van der Waals surface area contributed by atoms with Crippen molar-refractivity contribution in [3.8, 4) is 5.75 Å². The molecule has 0 aliphatic rings. The Balaban J connectivity index is 2.90. The standard InChI is InChI=1S/C10H11ClO3/c1-13-8-5-3-4-7(6-8)9(12)10(11)14-2/h3-6,10H,1-2H3. The number of carbonyl (C=O) groups is 1. The molecule has 0 saturated carbocycles. The molecule has 0 saturated heterocycles. The van der Waals surface area contributed by atoms with Crippen molar-refractivity contribution in [3.63, 3.8) is 0 Å². The van der Waals surface area contributed by atoms with Crippen LogP contribution in [0.3, 0.4) is 0 Å². The summed E-state index contributed by atoms with van der Waals surface area (Å²) in [5, 5.41) is 0. The van der Waals surface area contributed by atoms with Crippen LogP contribution in [-0.2, 0) is 4.74 Å². The molecule has 76 valence electrons. The minimum absolute atomic E-state index is 0.270. The molecule has 1 atom stereocenters. The molecule has 1 aromatic carbocycles. The van der Waals surface area contributed by atoms with Crippen molar-refractivity contribution >= 4 is 17.4 Å². The van der Waals surface area contributed by atoms with E-state index in [4.69, 9.17) is 21.1 Å². The average Bonchev–Trinajstić information content (AvgIpc) is 2.27. The molecule has 0 N–H and O–H groups in total. The molecule has 0 aliphatic carbocycles. The first kappa shape index (κ1) is 11.0. The molecule has 4 heteroatoms. The Morgan fingerprint density at radius 2 is 2.14 bits per heavy atom. The monoisotopic (exact) mass is 214 g/mol. The van der Waals surface area contributed by atoms with Gasteiger partial charge in [-0.2, -0.15) is 0 Å². The first-order valence-corrected chi connectivity index (χ1v) is 4.48. The second-order valence-electron chi connectivity index (χ2n) is 2.65. The summed E-state index contributed by atoms with van der Waals surface area (Å²) in [4.78, 5) is 11.5. The number of hydrogen-bond donors (Lipinski definition) is 0. The van der Waals surface area contributed by atoms with Gasteiger partial charge in [0.25, 0.3) is 0 Å². The Labute approximate surface area is 87.6 Å². The third-order valence-corrected chi connectivity index (χ3v) is 2.14. The summed E-state index contributed by atoms with van der Waals surface area (Å²) in [7, 11) is 2.92. The summed E-state index contributed by atoms with van der Waals surface area (Å²) in [6.45, 7) is 0. The summed E-state index contributed by atoms with van der Waals surface area (Å²) in [5.74, 6) is 0.351. The van der Waals surface area contributed by atoms with Crippen LogP contribution in [0.2, 0.25) is 0 Å². The molecule has 1 unspecified atom stereocenters. The predicted octanol–water partition coefficient (Wildman–Crippen LogP) is 2.09. The number of rotatable bonds is 4. The molecule has 3 nitrogen and oxygen atoms in total. The van der Waals surface area contributed by atoms with E-state index >= 15 is 0 Å². The summed E-state index contributed by atoms with van der Waals surface area (Å²) in [6.07, 6.45) is 0. The molecule has 0 spiro atoms. The maximum atomic E-state index is 11.5. The lowest BCUT2D eigenvalue weighted by Gasteiger charge is -2.07. The molecule has 0 radical (unpaired) electrons. The number of alkyl halides is 1. The number of ether oxygens (including phenoxy) is 2. The van der Waals surface area contributed by atoms with Gasteiger partial charge in [-0.05, 0) is 12.1 Å². The average molecular weight is 215 g/mol. The highest BCUT2D eigenvalue weighted by atomic mass is 35.5. The van der Waals surface area contributed by atoms with Gasteiger partial charge in [0.15, 0.2) is 5.56 Å². The van der Waals surface area contributed by atoms with E-state index in [1.165, 1.54) is 14.2 Å². The predicted molar refractivity (Wildman–Crippen MR) is 54.0 cm³/mol. The first-order valence-electron chi connectivity index (χ1n) is 4.04. The molecule has 0 amide bonds. The van der Waals surface area contributed by atoms with Crippen LogP contribution in [0.1, 0.15) is 10.4 Å². The van der Waals surface area contributed by atoms with E-state index in [0.717, 1.165) is 0 Å². The zero-order valence-electron chi connectivity index (χ0n) is 7.99. The van der Waals surface area contributed by atoms with Crippen molar-refractivity contribution in [1.82, 2.24) is 0 Å². The maximum absolute atomic E-state index is 11.5. The normalized spacial score (nSPS) is 12.2. The highest BCUT2D eigenvalue weighted by Gasteiger charge is 2.16. The number of Topliss-reactive ketones (excluding diaryl/α,β-unsaturated/α-hetero) is 1. The first-order chi connectivity index (χ1) is 6.69. The van der Waals surface area contributed by atoms with E-state index < -0.39 is 5.56 Å². The molecule has 0 aromatic heterocycles. The second kappa shape index (κ2) is 4.98. The number of ketones is 1. The van der Waals surface area contributed by atoms with Crippen LogP contribution in [0, 0.1) is 0 Å². The zero-order chi connectivity index (χ0) is 10.6. The summed E-state index contributed by atoms with van der Waals surface area (Å²) >= 11 is 5.63. The Morgan fingerprint density at radius 1 is 1.43 bits per heavy atom. The molecule has 0 bridgehead atoms. The van der Waals surface area contributed by atoms with Crippen LogP contribution in [-0.4, -0.2) is 25.6 Å². The van der Waals surface area contributed by atoms with Gasteiger partial charge in [0.05, 0.1) is 7.11 Å². The topological polar surface area (TPSA) is 35.5 Å². The van der Waals surface area contributed by atoms with Crippen LogP contribution in [0.25, 0.3) is 0 Å². The minimum Gasteiger partial charge on any atom is -0.497 e. The highest BCUT2D eigenvalue weighted by molar-refractivity contribution is 6.32. The fraction of sp³-hybridized carbons (Fsp3) is 0.300. The van der Waals surface area contributed by atoms with Crippen LogP contribution in [0.4, 0.5) is 0 Å². The van der Waals surface area contributed by atoms with Crippen molar-refractivity contribution < 1.29 is 14.3 Å². The smallest absolute Gasteiger partial charge is 0.206 e. The lowest BCUT2D eigenvalue weighted by Crippen LogP contribution is -2.16. The van der Waals surface area contributed by atoms with Crippen LogP contribution in [0.15, 0.2) is 24.3 Å². The van der Waals surface area contributed by atoms with Crippen molar-refractivity contribution in [3.05, 3.63) is 29.8 Å². The summed E-state index contributed by atoms with van der Waals surface area (Å²) in [5.41, 5.74) is -0.465. The Kier molecular flexibility index (Phi) is 3.92. The van der Waals surface area contributed by atoms with Crippen LogP contribution < -0.4 is 4.74 Å². The van der Waals surface area contributed by atoms with Gasteiger partial charge in [-0.3, -0.25) is 4.79 Å². The van der Waals surface area contributed by atoms with Crippen molar-refractivity contribution in [2.75, 3.05) is 14.2 Å². The largest absolute Gasteiger partial charge is 0.497 e. The molecule has 1 rings (SSSR count). The number of benzene rings is 1. The molecule has 0 aliphatic heterocycles. The highest BCUT2D eigenvalue weighted by Crippen LogP contribution is 2.15. The van der Waals surface area contributed by atoms with E-state index in [1.54, 1.807) is 24.3 Å². The number of halogens is 1. The fourth-order valence-electron chi connectivity index (χ4n) is 1.01. The summed E-state index contributed by atoms with van der Waals surface area (Å²) in [6, 6.07) is 6.77.